The van der Waals surface area contributed by atoms with Crippen LogP contribution in [0, 0.1) is 12.8 Å². The van der Waals surface area contributed by atoms with Crippen molar-refractivity contribution in [1.82, 2.24) is 0 Å². The normalized spacial score (nSPS) is 16.5. The minimum Gasteiger partial charge on any atom is -0.490 e. The molecule has 4 nitrogen and oxygen atoms in total. The van der Waals surface area contributed by atoms with Gasteiger partial charge in [-0.2, -0.15) is 21.6 Å². The number of ether oxygens (including phenoxy) is 1. The molecule has 0 bridgehead atoms. The van der Waals surface area contributed by atoms with Crippen LogP contribution in [0.2, 0.25) is 0 Å². The van der Waals surface area contributed by atoms with Crippen LogP contribution in [-0.2, 0) is 16.5 Å². The Kier molecular flexibility index (Phi) is 10.8. The third-order valence-corrected chi connectivity index (χ3v) is 7.12. The predicted octanol–water partition coefficient (Wildman–Crippen LogP) is 7.86. The fourth-order valence-corrected chi connectivity index (χ4v) is 4.74. The second kappa shape index (κ2) is 12.9. The summed E-state index contributed by atoms with van der Waals surface area (Å²) < 4.78 is 70.6. The van der Waals surface area contributed by atoms with Crippen LogP contribution in [0.1, 0.15) is 102 Å². The Labute approximate surface area is 197 Å². The van der Waals surface area contributed by atoms with Gasteiger partial charge in [0.15, 0.2) is 0 Å². The molecule has 1 unspecified atom stereocenters. The fourth-order valence-electron chi connectivity index (χ4n) is 4.29. The molecule has 0 fully saturated rings. The van der Waals surface area contributed by atoms with Crippen LogP contribution >= 0.6 is 0 Å². The summed E-state index contributed by atoms with van der Waals surface area (Å²) in [5.74, 6) is 1.12. The Bertz CT molecular complexity index is 835. The molecule has 1 aliphatic rings. The first-order chi connectivity index (χ1) is 15.5. The summed E-state index contributed by atoms with van der Waals surface area (Å²) in [5.41, 5.74) is -4.18. The Morgan fingerprint density at radius 3 is 2.15 bits per heavy atom. The number of rotatable bonds is 14. The molecule has 2 rings (SSSR count). The van der Waals surface area contributed by atoms with Gasteiger partial charge in [0.25, 0.3) is 0 Å². The highest BCUT2D eigenvalue weighted by Gasteiger charge is 2.48. The van der Waals surface area contributed by atoms with Crippen molar-refractivity contribution in [3.05, 3.63) is 23.3 Å². The van der Waals surface area contributed by atoms with E-state index < -0.39 is 15.6 Å². The largest absolute Gasteiger partial charge is 0.534 e. The number of alkyl halides is 3. The van der Waals surface area contributed by atoms with Gasteiger partial charge >= 0.3 is 15.6 Å². The number of benzene rings is 1. The molecule has 1 atom stereocenters. The maximum absolute atomic E-state index is 12.6. The number of hydrogen-bond acceptors (Lipinski definition) is 4. The van der Waals surface area contributed by atoms with Gasteiger partial charge in [-0.25, -0.2) is 0 Å². The van der Waals surface area contributed by atoms with E-state index in [2.05, 4.69) is 18.0 Å². The summed E-state index contributed by atoms with van der Waals surface area (Å²) in [6.45, 7) is 6.25. The number of unbranched alkanes of at least 4 members (excludes halogenated alkanes) is 8. The topological polar surface area (TPSA) is 52.6 Å². The Balaban J connectivity index is 1.68. The van der Waals surface area contributed by atoms with Crippen LogP contribution in [0.5, 0.6) is 11.5 Å². The van der Waals surface area contributed by atoms with Gasteiger partial charge in [0.2, 0.25) is 0 Å². The highest BCUT2D eigenvalue weighted by Crippen LogP contribution is 2.37. The van der Waals surface area contributed by atoms with Crippen molar-refractivity contribution in [2.45, 2.75) is 116 Å². The quantitative estimate of drug-likeness (QED) is 0.151. The van der Waals surface area contributed by atoms with E-state index in [0.717, 1.165) is 25.2 Å². The standard InChI is InChI=1S/C25H39F3O4S/c1-19(2)13-11-9-7-5-4-6-8-10-12-14-22-16-15-21-18-23(17-20(3)24(21)31-22)32-33(29,30)25(26,27)28/h17-19,22H,4-16H2,1-3H3. The summed E-state index contributed by atoms with van der Waals surface area (Å²) >= 11 is 0. The monoisotopic (exact) mass is 492 g/mol. The van der Waals surface area contributed by atoms with E-state index in [1.165, 1.54) is 69.9 Å². The molecule has 1 aliphatic heterocycles. The first-order valence-electron chi connectivity index (χ1n) is 12.3. The first-order valence-corrected chi connectivity index (χ1v) is 13.7. The predicted molar refractivity (Wildman–Crippen MR) is 125 cm³/mol. The average Bonchev–Trinajstić information content (AvgIpc) is 2.71. The van der Waals surface area contributed by atoms with Crippen molar-refractivity contribution in [3.8, 4) is 11.5 Å². The summed E-state index contributed by atoms with van der Waals surface area (Å²) in [4.78, 5) is 0. The van der Waals surface area contributed by atoms with Crippen molar-refractivity contribution in [3.63, 3.8) is 0 Å². The average molecular weight is 493 g/mol. The van der Waals surface area contributed by atoms with Crippen LogP contribution in [0.15, 0.2) is 12.1 Å². The van der Waals surface area contributed by atoms with Gasteiger partial charge in [0, 0.05) is 0 Å². The molecule has 0 aliphatic carbocycles. The Hall–Kier alpha value is -1.44. The van der Waals surface area contributed by atoms with Crippen molar-refractivity contribution >= 4 is 10.1 Å². The maximum atomic E-state index is 12.6. The van der Waals surface area contributed by atoms with Gasteiger partial charge in [-0.05, 0) is 61.8 Å². The van der Waals surface area contributed by atoms with Crippen LogP contribution in [0.4, 0.5) is 13.2 Å². The van der Waals surface area contributed by atoms with E-state index in [1.54, 1.807) is 6.92 Å². The van der Waals surface area contributed by atoms with Crippen molar-refractivity contribution < 1.29 is 30.5 Å². The molecule has 0 amide bonds. The van der Waals surface area contributed by atoms with Crippen molar-refractivity contribution in [2.75, 3.05) is 0 Å². The maximum Gasteiger partial charge on any atom is 0.534 e. The van der Waals surface area contributed by atoms with Gasteiger partial charge in [-0.3, -0.25) is 0 Å². The van der Waals surface area contributed by atoms with Crippen LogP contribution < -0.4 is 8.92 Å². The molecule has 1 heterocycles. The lowest BCUT2D eigenvalue weighted by atomic mass is 9.96. The second-order valence-corrected chi connectivity index (χ2v) is 11.2. The zero-order chi connectivity index (χ0) is 24.5. The lowest BCUT2D eigenvalue weighted by Gasteiger charge is -2.28. The van der Waals surface area contributed by atoms with Crippen molar-refractivity contribution in [2.24, 2.45) is 5.92 Å². The molecular formula is C25H39F3O4S. The van der Waals surface area contributed by atoms with Gasteiger partial charge < -0.3 is 8.92 Å². The van der Waals surface area contributed by atoms with Gasteiger partial charge in [0.05, 0.1) is 6.10 Å². The fraction of sp³-hybridized carbons (Fsp3) is 0.760. The van der Waals surface area contributed by atoms with Gasteiger partial charge in [-0.1, -0.05) is 71.6 Å². The molecule has 0 aromatic heterocycles. The number of fused-ring (bicyclic) bond motifs is 1. The minimum absolute atomic E-state index is 0.0860. The Morgan fingerprint density at radius 2 is 1.58 bits per heavy atom. The lowest BCUT2D eigenvalue weighted by Crippen LogP contribution is -2.28. The van der Waals surface area contributed by atoms with Crippen LogP contribution in [0.25, 0.3) is 0 Å². The molecule has 33 heavy (non-hydrogen) atoms. The first kappa shape index (κ1) is 27.8. The smallest absolute Gasteiger partial charge is 0.490 e. The number of aryl methyl sites for hydroxylation is 2. The molecule has 1 aromatic carbocycles. The molecule has 0 spiro atoms. The molecule has 0 saturated heterocycles. The zero-order valence-electron chi connectivity index (χ0n) is 20.2. The van der Waals surface area contributed by atoms with E-state index >= 15 is 0 Å². The minimum atomic E-state index is -5.68. The summed E-state index contributed by atoms with van der Waals surface area (Å²) in [6.07, 6.45) is 15.2. The lowest BCUT2D eigenvalue weighted by molar-refractivity contribution is -0.0500. The van der Waals surface area contributed by atoms with Gasteiger partial charge in [0.1, 0.15) is 11.5 Å². The van der Waals surface area contributed by atoms with Crippen LogP contribution in [0.3, 0.4) is 0 Å². The molecule has 0 N–H and O–H groups in total. The highest BCUT2D eigenvalue weighted by atomic mass is 32.2. The van der Waals surface area contributed by atoms with Crippen molar-refractivity contribution in [1.29, 1.82) is 0 Å². The van der Waals surface area contributed by atoms with E-state index in [-0.39, 0.29) is 11.9 Å². The second-order valence-electron chi connectivity index (χ2n) is 9.64. The third-order valence-electron chi connectivity index (χ3n) is 6.14. The summed E-state index contributed by atoms with van der Waals surface area (Å²) in [7, 11) is -5.68. The molecule has 0 saturated carbocycles. The molecule has 8 heteroatoms. The van der Waals surface area contributed by atoms with E-state index in [0.29, 0.717) is 23.3 Å². The zero-order valence-corrected chi connectivity index (χ0v) is 21.0. The molecular weight excluding hydrogens is 453 g/mol. The van der Waals surface area contributed by atoms with E-state index in [1.807, 2.05) is 0 Å². The molecule has 0 radical (unpaired) electrons. The highest BCUT2D eigenvalue weighted by molar-refractivity contribution is 7.88. The third kappa shape index (κ3) is 9.38. The Morgan fingerprint density at radius 1 is 1.00 bits per heavy atom. The number of hydrogen-bond donors (Lipinski definition) is 0. The van der Waals surface area contributed by atoms with E-state index in [4.69, 9.17) is 4.74 Å². The SMILES string of the molecule is Cc1cc(OS(=O)(=O)C(F)(F)F)cc2c1OC(CCCCCCCCCCCC(C)C)CC2. The number of halogens is 3. The van der Waals surface area contributed by atoms with E-state index in [9.17, 15) is 21.6 Å². The van der Waals surface area contributed by atoms with Gasteiger partial charge in [-0.15, -0.1) is 0 Å². The summed E-state index contributed by atoms with van der Waals surface area (Å²) in [5, 5.41) is 0. The molecule has 190 valence electrons. The molecule has 1 aromatic rings. The van der Waals surface area contributed by atoms with Crippen LogP contribution in [-0.4, -0.2) is 20.0 Å². The summed E-state index contributed by atoms with van der Waals surface area (Å²) in [6, 6.07) is 2.62.